The van der Waals surface area contributed by atoms with Crippen LogP contribution in [0.25, 0.3) is 22.2 Å². The topological polar surface area (TPSA) is 110 Å². The fourth-order valence-electron chi connectivity index (χ4n) is 5.58. The number of likely N-dealkylation sites (tertiary alicyclic amines) is 1. The smallest absolute Gasteiger partial charge is 0.435 e. The molecule has 40 heavy (non-hydrogen) atoms. The summed E-state index contributed by atoms with van der Waals surface area (Å²) in [5, 5.41) is 20.3. The minimum atomic E-state index is -6.30. The van der Waals surface area contributed by atoms with Crippen molar-refractivity contribution < 1.29 is 46.1 Å². The Labute approximate surface area is 223 Å². The highest BCUT2D eigenvalue weighted by molar-refractivity contribution is 5.88. The van der Waals surface area contributed by atoms with Crippen LogP contribution in [-0.2, 0) is 17.8 Å². The lowest BCUT2D eigenvalue weighted by Crippen LogP contribution is -2.66. The van der Waals surface area contributed by atoms with E-state index in [0.29, 0.717) is 45.6 Å². The summed E-state index contributed by atoms with van der Waals surface area (Å²) < 4.78 is 80.6. The van der Waals surface area contributed by atoms with Crippen molar-refractivity contribution >= 4 is 23.0 Å². The maximum absolute atomic E-state index is 13.4. The minimum Gasteiger partial charge on any atom is -0.465 e. The van der Waals surface area contributed by atoms with Crippen LogP contribution in [0.2, 0.25) is 0 Å². The minimum absolute atomic E-state index is 0.105. The Hall–Kier alpha value is -3.81. The monoisotopic (exact) mass is 570 g/mol. The van der Waals surface area contributed by atoms with Gasteiger partial charge in [0.15, 0.2) is 0 Å². The number of aliphatic hydroxyl groups is 1. The highest BCUT2D eigenvalue weighted by Gasteiger charge is 2.76. The number of carbonyl (C=O) groups is 2. The van der Waals surface area contributed by atoms with Gasteiger partial charge in [0.1, 0.15) is 5.65 Å². The second kappa shape index (κ2) is 9.39. The molecule has 3 aromatic rings. The molecule has 5 rings (SSSR count). The van der Waals surface area contributed by atoms with Gasteiger partial charge in [-0.15, -0.1) is 0 Å². The fraction of sp³-hybridized carbons (Fsp3) is 0.423. The Morgan fingerprint density at radius 3 is 2.40 bits per heavy atom. The number of rotatable bonds is 3. The highest BCUT2D eigenvalue weighted by Crippen LogP contribution is 2.46. The van der Waals surface area contributed by atoms with Gasteiger partial charge in [0.05, 0.1) is 6.04 Å². The van der Waals surface area contributed by atoms with E-state index in [9.17, 15) is 46.1 Å². The van der Waals surface area contributed by atoms with Crippen molar-refractivity contribution in [2.75, 3.05) is 13.1 Å². The molecule has 0 unspecified atom stereocenters. The van der Waals surface area contributed by atoms with Gasteiger partial charge in [-0.2, -0.15) is 26.3 Å². The summed E-state index contributed by atoms with van der Waals surface area (Å²) in [7, 11) is 0. The number of carbonyl (C=O) groups excluding carboxylic acids is 1. The van der Waals surface area contributed by atoms with E-state index in [-0.39, 0.29) is 18.5 Å². The number of aromatic nitrogens is 2. The van der Waals surface area contributed by atoms with Gasteiger partial charge in [0, 0.05) is 43.0 Å². The van der Waals surface area contributed by atoms with E-state index in [0.717, 1.165) is 10.9 Å². The number of amides is 2. The molecule has 2 aromatic heterocycles. The van der Waals surface area contributed by atoms with Gasteiger partial charge >= 0.3 is 24.0 Å². The zero-order valence-corrected chi connectivity index (χ0v) is 21.0. The van der Waals surface area contributed by atoms with Crippen LogP contribution in [0.4, 0.5) is 31.1 Å². The summed E-state index contributed by atoms with van der Waals surface area (Å²) in [6.45, 7) is 0.918. The standard InChI is InChI=1S/C26H24F6N4O4/c1-13-10-33-21-17(13)9-16(11-34-21)15-7-14-4-6-35(22(37)24(40,25(27,28)29)26(30,31)32)12-19(14)18(8-15)20-3-2-5-36(20)23(38)39/h7-11,20,40H,2-6,12H2,1H3,(H,33,34)(H,38,39)/t20-/m0/s1. The normalized spacial score (nSPS) is 18.4. The van der Waals surface area contributed by atoms with E-state index in [1.807, 2.05) is 13.0 Å². The number of nitrogens with one attached hydrogen (secondary N) is 1. The van der Waals surface area contributed by atoms with Crippen molar-refractivity contribution in [3.05, 3.63) is 52.8 Å². The Morgan fingerprint density at radius 2 is 1.75 bits per heavy atom. The van der Waals surface area contributed by atoms with E-state index in [4.69, 9.17) is 0 Å². The van der Waals surface area contributed by atoms with Gasteiger partial charge < -0.3 is 25.0 Å². The quantitative estimate of drug-likeness (QED) is 0.380. The highest BCUT2D eigenvalue weighted by atomic mass is 19.4. The van der Waals surface area contributed by atoms with Gasteiger partial charge in [-0.25, -0.2) is 9.78 Å². The molecule has 3 N–H and O–H groups in total. The van der Waals surface area contributed by atoms with Crippen LogP contribution in [0.1, 0.15) is 41.1 Å². The van der Waals surface area contributed by atoms with Crippen LogP contribution >= 0.6 is 0 Å². The third-order valence-electron chi connectivity index (χ3n) is 7.72. The summed E-state index contributed by atoms with van der Waals surface area (Å²) >= 11 is 0. The average Bonchev–Trinajstić information content (AvgIpc) is 3.52. The molecule has 2 amide bonds. The SMILES string of the molecule is Cc1c[nH]c2ncc(-c3cc4c(c([C@@H]5CCCN5C(=O)O)c3)CN(C(=O)C(O)(C(F)(F)F)C(F)(F)F)CC4)cc12. The van der Waals surface area contributed by atoms with Crippen molar-refractivity contribution in [3.8, 4) is 11.1 Å². The van der Waals surface area contributed by atoms with Gasteiger partial charge in [-0.1, -0.05) is 6.07 Å². The predicted octanol–water partition coefficient (Wildman–Crippen LogP) is 5.09. The lowest BCUT2D eigenvalue weighted by atomic mass is 9.86. The number of aryl methyl sites for hydroxylation is 1. The molecule has 4 heterocycles. The molecule has 0 spiro atoms. The molecule has 1 saturated heterocycles. The number of halogens is 6. The van der Waals surface area contributed by atoms with Crippen molar-refractivity contribution in [2.24, 2.45) is 0 Å². The van der Waals surface area contributed by atoms with E-state index in [1.54, 1.807) is 24.5 Å². The lowest BCUT2D eigenvalue weighted by molar-refractivity contribution is -0.353. The number of fused-ring (bicyclic) bond motifs is 2. The zero-order chi connectivity index (χ0) is 29.2. The van der Waals surface area contributed by atoms with Crippen LogP contribution in [0, 0.1) is 6.92 Å². The summed E-state index contributed by atoms with van der Waals surface area (Å²) in [6.07, 6.45) is -9.66. The summed E-state index contributed by atoms with van der Waals surface area (Å²) in [4.78, 5) is 33.6. The Bertz CT molecular complexity index is 1480. The van der Waals surface area contributed by atoms with Crippen LogP contribution in [0.15, 0.2) is 30.6 Å². The van der Waals surface area contributed by atoms with E-state index >= 15 is 0 Å². The maximum Gasteiger partial charge on any atom is 0.435 e. The molecule has 0 radical (unpaired) electrons. The van der Waals surface area contributed by atoms with Crippen molar-refractivity contribution in [1.29, 1.82) is 0 Å². The first-order valence-electron chi connectivity index (χ1n) is 12.4. The van der Waals surface area contributed by atoms with Crippen LogP contribution in [-0.4, -0.2) is 73.0 Å². The number of alkyl halides is 6. The van der Waals surface area contributed by atoms with E-state index in [1.165, 1.54) is 4.90 Å². The van der Waals surface area contributed by atoms with Gasteiger partial charge in [-0.05, 0) is 66.1 Å². The molecule has 2 aliphatic heterocycles. The predicted molar refractivity (Wildman–Crippen MR) is 129 cm³/mol. The number of benzene rings is 1. The molecule has 14 heteroatoms. The number of pyridine rings is 1. The largest absolute Gasteiger partial charge is 0.465 e. The van der Waals surface area contributed by atoms with Crippen LogP contribution in [0.3, 0.4) is 0 Å². The lowest BCUT2D eigenvalue weighted by Gasteiger charge is -2.39. The molecule has 8 nitrogen and oxygen atoms in total. The number of H-pyrrole nitrogens is 1. The van der Waals surface area contributed by atoms with Crippen LogP contribution in [0.5, 0.6) is 0 Å². The van der Waals surface area contributed by atoms with Gasteiger partial charge in [0.25, 0.3) is 5.91 Å². The average molecular weight is 570 g/mol. The fourth-order valence-corrected chi connectivity index (χ4v) is 5.58. The number of nitrogens with zero attached hydrogens (tertiary/aromatic N) is 3. The van der Waals surface area contributed by atoms with Crippen molar-refractivity contribution in [2.45, 2.75) is 56.7 Å². The number of carboxylic acid groups (broad SMARTS) is 1. The molecule has 0 bridgehead atoms. The summed E-state index contributed by atoms with van der Waals surface area (Å²) in [6, 6.07) is 4.54. The van der Waals surface area contributed by atoms with E-state index in [2.05, 4.69) is 9.97 Å². The maximum atomic E-state index is 13.4. The Balaban J connectivity index is 1.61. The molecular weight excluding hydrogens is 546 g/mol. The second-order valence-electron chi connectivity index (χ2n) is 10.1. The van der Waals surface area contributed by atoms with Gasteiger partial charge in [0.2, 0.25) is 0 Å². The molecule has 0 aliphatic carbocycles. The van der Waals surface area contributed by atoms with Gasteiger partial charge in [-0.3, -0.25) is 4.79 Å². The van der Waals surface area contributed by atoms with Crippen LogP contribution < -0.4 is 0 Å². The second-order valence-corrected chi connectivity index (χ2v) is 10.1. The first-order valence-corrected chi connectivity index (χ1v) is 12.4. The molecule has 1 fully saturated rings. The molecule has 1 atom stereocenters. The Morgan fingerprint density at radius 1 is 1.05 bits per heavy atom. The van der Waals surface area contributed by atoms with E-state index < -0.39 is 49.1 Å². The number of hydrogen-bond donors (Lipinski definition) is 3. The molecular formula is C26H24F6N4O4. The molecule has 2 aliphatic rings. The number of hydrogen-bond acceptors (Lipinski definition) is 4. The first-order chi connectivity index (χ1) is 18.6. The number of aromatic amines is 1. The molecule has 214 valence electrons. The molecule has 1 aromatic carbocycles. The van der Waals surface area contributed by atoms with Crippen molar-refractivity contribution in [1.82, 2.24) is 19.8 Å². The first kappa shape index (κ1) is 27.7. The summed E-state index contributed by atoms with van der Waals surface area (Å²) in [5.41, 5.74) is -1.45. The summed E-state index contributed by atoms with van der Waals surface area (Å²) in [5.74, 6) is -2.52. The third kappa shape index (κ3) is 4.34. The third-order valence-corrected chi connectivity index (χ3v) is 7.72. The molecule has 0 saturated carbocycles. The van der Waals surface area contributed by atoms with Crippen molar-refractivity contribution in [3.63, 3.8) is 0 Å². The Kier molecular flexibility index (Phi) is 6.51. The zero-order valence-electron chi connectivity index (χ0n) is 21.0.